The zero-order valence-electron chi connectivity index (χ0n) is 23.4. The Morgan fingerprint density at radius 1 is 0.614 bits per heavy atom. The van der Waals surface area contributed by atoms with Crippen LogP contribution in [0.15, 0.2) is 132 Å². The molecule has 9 nitrogen and oxygen atoms in total. The van der Waals surface area contributed by atoms with Crippen molar-refractivity contribution in [2.24, 2.45) is 0 Å². The van der Waals surface area contributed by atoms with E-state index in [4.69, 9.17) is 18.9 Å². The Bertz CT molecular complexity index is 1840. The van der Waals surface area contributed by atoms with E-state index in [9.17, 15) is 19.2 Å². The normalized spacial score (nSPS) is 19.3. The molecule has 0 amide bonds. The molecule has 4 aromatic carbocycles. The summed E-state index contributed by atoms with van der Waals surface area (Å²) in [4.78, 5) is 53.1. The van der Waals surface area contributed by atoms with Gasteiger partial charge in [-0.05, 0) is 53.9 Å². The van der Waals surface area contributed by atoms with Gasteiger partial charge in [0, 0.05) is 11.6 Å². The summed E-state index contributed by atoms with van der Waals surface area (Å²) in [5.41, 5.74) is 0.429. The largest absolute Gasteiger partial charge is 0.459 e. The fraction of sp³-hybridized carbons (Fsp3) is 0.143. The summed E-state index contributed by atoms with van der Waals surface area (Å²) in [6.45, 7) is -0.349. The molecule has 0 saturated carbocycles. The third-order valence-corrected chi connectivity index (χ3v) is 7.29. The van der Waals surface area contributed by atoms with E-state index < -0.39 is 48.0 Å². The molecule has 1 aliphatic heterocycles. The van der Waals surface area contributed by atoms with E-state index in [1.807, 2.05) is 6.07 Å². The van der Waals surface area contributed by atoms with Gasteiger partial charge in [-0.25, -0.2) is 14.4 Å². The SMILES string of the molecule is O=C(OC[C@H]1O[C@@H](n2ccc3ccccc3c2=O)[C@H](OC(=O)c2ccccc2)[C@H]1OC(=O)c1ccccc1)c1ccccc1. The zero-order valence-corrected chi connectivity index (χ0v) is 23.4. The van der Waals surface area contributed by atoms with Gasteiger partial charge in [-0.1, -0.05) is 72.8 Å². The lowest BCUT2D eigenvalue weighted by atomic mass is 10.1. The van der Waals surface area contributed by atoms with E-state index >= 15 is 0 Å². The van der Waals surface area contributed by atoms with Gasteiger partial charge in [0.1, 0.15) is 12.7 Å². The Morgan fingerprint density at radius 2 is 1.11 bits per heavy atom. The maximum absolute atomic E-state index is 13.7. The van der Waals surface area contributed by atoms with Crippen LogP contribution in [0.3, 0.4) is 0 Å². The van der Waals surface area contributed by atoms with Gasteiger partial charge in [0.15, 0.2) is 18.4 Å². The quantitative estimate of drug-likeness (QED) is 0.179. The highest BCUT2D eigenvalue weighted by Crippen LogP contribution is 2.35. The summed E-state index contributed by atoms with van der Waals surface area (Å²) >= 11 is 0. The van der Waals surface area contributed by atoms with Crippen LogP contribution in [0.25, 0.3) is 10.8 Å². The number of ether oxygens (including phenoxy) is 4. The minimum absolute atomic E-state index is 0.254. The van der Waals surface area contributed by atoms with Gasteiger partial charge in [-0.15, -0.1) is 0 Å². The number of fused-ring (bicyclic) bond motifs is 1. The first-order valence-corrected chi connectivity index (χ1v) is 14.0. The highest BCUT2D eigenvalue weighted by molar-refractivity contribution is 5.91. The van der Waals surface area contributed by atoms with Crippen molar-refractivity contribution in [3.63, 3.8) is 0 Å². The van der Waals surface area contributed by atoms with Gasteiger partial charge in [0.05, 0.1) is 16.7 Å². The van der Waals surface area contributed by atoms with Crippen molar-refractivity contribution in [2.75, 3.05) is 6.61 Å². The minimum atomic E-state index is -1.28. The van der Waals surface area contributed by atoms with Crippen LogP contribution in [0, 0.1) is 0 Å². The number of nitrogens with zero attached hydrogens (tertiary/aromatic N) is 1. The zero-order chi connectivity index (χ0) is 30.5. The first kappa shape index (κ1) is 28.6. The Labute approximate surface area is 252 Å². The number of carbonyl (C=O) groups excluding carboxylic acids is 3. The summed E-state index contributed by atoms with van der Waals surface area (Å²) in [5, 5.41) is 1.13. The van der Waals surface area contributed by atoms with Crippen molar-refractivity contribution in [2.45, 2.75) is 24.5 Å². The van der Waals surface area contributed by atoms with Crippen LogP contribution in [0.5, 0.6) is 0 Å². The van der Waals surface area contributed by atoms with Crippen LogP contribution in [0.1, 0.15) is 37.3 Å². The van der Waals surface area contributed by atoms with Gasteiger partial charge < -0.3 is 18.9 Å². The molecule has 44 heavy (non-hydrogen) atoms. The van der Waals surface area contributed by atoms with Crippen molar-refractivity contribution in [3.05, 3.63) is 155 Å². The smallest absolute Gasteiger partial charge is 0.338 e. The topological polar surface area (TPSA) is 110 Å². The van der Waals surface area contributed by atoms with Gasteiger partial charge in [0.2, 0.25) is 0 Å². The molecular formula is C35H27NO8. The van der Waals surface area contributed by atoms with Gasteiger partial charge in [-0.2, -0.15) is 0 Å². The standard InChI is InChI=1S/C35H27NO8/c37-31-27-19-11-10-12-23(27)20-21-36(31)32-30(44-35(40)26-17-8-3-9-18-26)29(43-34(39)25-15-6-2-7-16-25)28(42-32)22-41-33(38)24-13-4-1-5-14-24/h1-21,28-30,32H,22H2/t28-,29+,30-,32-/m1/s1. The number of benzene rings is 4. The maximum Gasteiger partial charge on any atom is 0.338 e. The van der Waals surface area contributed by atoms with Crippen LogP contribution in [0.2, 0.25) is 0 Å². The van der Waals surface area contributed by atoms with E-state index in [1.54, 1.807) is 115 Å². The molecule has 1 saturated heterocycles. The third kappa shape index (κ3) is 5.99. The molecule has 0 spiro atoms. The fourth-order valence-corrected chi connectivity index (χ4v) is 5.09. The number of carbonyl (C=O) groups is 3. The number of hydrogen-bond acceptors (Lipinski definition) is 8. The highest BCUT2D eigenvalue weighted by Gasteiger charge is 2.51. The number of aromatic nitrogens is 1. The third-order valence-electron chi connectivity index (χ3n) is 7.29. The van der Waals surface area contributed by atoms with E-state index in [0.29, 0.717) is 16.3 Å². The molecular weight excluding hydrogens is 562 g/mol. The lowest BCUT2D eigenvalue weighted by Crippen LogP contribution is -2.42. The molecule has 0 bridgehead atoms. The van der Waals surface area contributed by atoms with E-state index in [0.717, 1.165) is 0 Å². The van der Waals surface area contributed by atoms with Crippen molar-refractivity contribution in [3.8, 4) is 0 Å². The van der Waals surface area contributed by atoms with Gasteiger partial charge >= 0.3 is 17.9 Å². The van der Waals surface area contributed by atoms with E-state index in [-0.39, 0.29) is 17.7 Å². The lowest BCUT2D eigenvalue weighted by Gasteiger charge is -2.25. The van der Waals surface area contributed by atoms with Crippen molar-refractivity contribution < 1.29 is 33.3 Å². The highest BCUT2D eigenvalue weighted by atomic mass is 16.7. The number of rotatable bonds is 8. The monoisotopic (exact) mass is 589 g/mol. The van der Waals surface area contributed by atoms with Crippen LogP contribution in [-0.2, 0) is 18.9 Å². The fourth-order valence-electron chi connectivity index (χ4n) is 5.09. The van der Waals surface area contributed by atoms with Crippen LogP contribution in [-0.4, -0.2) is 47.4 Å². The number of esters is 3. The van der Waals surface area contributed by atoms with Gasteiger partial charge in [0.25, 0.3) is 5.56 Å². The lowest BCUT2D eigenvalue weighted by molar-refractivity contribution is -0.0632. The second-order valence-corrected chi connectivity index (χ2v) is 10.1. The second kappa shape index (κ2) is 12.8. The van der Waals surface area contributed by atoms with Crippen molar-refractivity contribution in [1.82, 2.24) is 4.57 Å². The summed E-state index contributed by atoms with van der Waals surface area (Å²) in [7, 11) is 0. The first-order chi connectivity index (χ1) is 21.5. The molecule has 2 heterocycles. The predicted molar refractivity (Wildman–Crippen MR) is 160 cm³/mol. The molecule has 0 aliphatic carbocycles. The Hall–Kier alpha value is -5.54. The first-order valence-electron chi connectivity index (χ1n) is 14.0. The Kier molecular flexibility index (Phi) is 8.29. The number of pyridine rings is 1. The number of hydrogen-bond donors (Lipinski definition) is 0. The maximum atomic E-state index is 13.7. The van der Waals surface area contributed by atoms with Gasteiger partial charge in [-0.3, -0.25) is 9.36 Å². The Balaban J connectivity index is 1.38. The second-order valence-electron chi connectivity index (χ2n) is 10.1. The van der Waals surface area contributed by atoms with Crippen molar-refractivity contribution in [1.29, 1.82) is 0 Å². The molecule has 4 atom stereocenters. The molecule has 0 unspecified atom stereocenters. The molecule has 9 heteroatoms. The summed E-state index contributed by atoms with van der Waals surface area (Å²) < 4.78 is 25.1. The van der Waals surface area contributed by atoms with Crippen LogP contribution < -0.4 is 5.56 Å². The summed E-state index contributed by atoms with van der Waals surface area (Å²) in [6.07, 6.45) is -3.30. The minimum Gasteiger partial charge on any atom is -0.459 e. The van der Waals surface area contributed by atoms with Crippen molar-refractivity contribution >= 4 is 28.7 Å². The summed E-state index contributed by atoms with van der Waals surface area (Å²) in [6, 6.07) is 33.8. The molecule has 220 valence electrons. The molecule has 0 radical (unpaired) electrons. The molecule has 1 aromatic heterocycles. The molecule has 1 aliphatic rings. The van der Waals surface area contributed by atoms with E-state index in [2.05, 4.69) is 0 Å². The Morgan fingerprint density at radius 3 is 1.70 bits per heavy atom. The molecule has 1 fully saturated rings. The van der Waals surface area contributed by atoms with Crippen LogP contribution in [0.4, 0.5) is 0 Å². The predicted octanol–water partition coefficient (Wildman–Crippen LogP) is 5.21. The van der Waals surface area contributed by atoms with Crippen LogP contribution >= 0.6 is 0 Å². The average Bonchev–Trinajstić information content (AvgIpc) is 3.40. The van der Waals surface area contributed by atoms with E-state index in [1.165, 1.54) is 10.8 Å². The average molecular weight is 590 g/mol. The molecule has 5 aromatic rings. The summed E-state index contributed by atoms with van der Waals surface area (Å²) in [5.74, 6) is -2.03. The molecule has 6 rings (SSSR count). The molecule has 0 N–H and O–H groups in total.